The van der Waals surface area contributed by atoms with Gasteiger partial charge in [0.25, 0.3) is 0 Å². The third-order valence-corrected chi connectivity index (χ3v) is 3.34. The number of carbonyl (C=O) groups excluding carboxylic acids is 1. The predicted octanol–water partition coefficient (Wildman–Crippen LogP) is 2.77. The van der Waals surface area contributed by atoms with E-state index < -0.39 is 40.9 Å². The molecule has 0 unspecified atom stereocenters. The summed E-state index contributed by atoms with van der Waals surface area (Å²) < 4.78 is 70.8. The van der Waals surface area contributed by atoms with E-state index in [-0.39, 0.29) is 18.7 Å². The van der Waals surface area contributed by atoms with Gasteiger partial charge in [0.1, 0.15) is 6.10 Å². The molecule has 8 heteroatoms. The Hall–Kier alpha value is -1.86. The van der Waals surface area contributed by atoms with Gasteiger partial charge >= 0.3 is 0 Å². The Kier molecular flexibility index (Phi) is 4.34. The van der Waals surface area contributed by atoms with Crippen molar-refractivity contribution in [2.24, 2.45) is 0 Å². The number of hydrogen-bond donors (Lipinski definition) is 0. The van der Waals surface area contributed by atoms with Gasteiger partial charge in [0.2, 0.25) is 35.0 Å². The first-order valence-corrected chi connectivity index (χ1v) is 6.26. The second-order valence-corrected chi connectivity index (χ2v) is 4.72. The molecule has 0 aromatic heterocycles. The van der Waals surface area contributed by atoms with Crippen molar-refractivity contribution >= 4 is 5.91 Å². The Labute approximate surface area is 117 Å². The van der Waals surface area contributed by atoms with Gasteiger partial charge in [0, 0.05) is 32.9 Å². The molecule has 1 heterocycles. The summed E-state index contributed by atoms with van der Waals surface area (Å²) in [4.78, 5) is 12.6. The van der Waals surface area contributed by atoms with Crippen molar-refractivity contribution in [1.82, 2.24) is 4.90 Å². The number of piperidine rings is 1. The number of halogens is 5. The summed E-state index contributed by atoms with van der Waals surface area (Å²) in [6.45, 7) is 1.98. The molecule has 3 nitrogen and oxygen atoms in total. The normalized spacial score (nSPS) is 16.2. The molecule has 1 aliphatic heterocycles. The number of hydrogen-bond acceptors (Lipinski definition) is 2. The molecule has 0 N–H and O–H groups in total. The van der Waals surface area contributed by atoms with Crippen LogP contribution >= 0.6 is 0 Å². The zero-order chi connectivity index (χ0) is 15.7. The van der Waals surface area contributed by atoms with Crippen molar-refractivity contribution in [3.63, 3.8) is 0 Å². The molecule has 1 fully saturated rings. The topological polar surface area (TPSA) is 29.5 Å². The zero-order valence-electron chi connectivity index (χ0n) is 11.1. The molecule has 0 radical (unpaired) electrons. The Bertz CT molecular complexity index is 541. The molecule has 0 atom stereocenters. The fraction of sp³-hybridized carbons (Fsp3) is 0.462. The van der Waals surface area contributed by atoms with Gasteiger partial charge in [-0.1, -0.05) is 0 Å². The summed E-state index contributed by atoms with van der Waals surface area (Å²) in [6.07, 6.45) is -0.216. The third kappa shape index (κ3) is 2.93. The van der Waals surface area contributed by atoms with E-state index in [1.54, 1.807) is 0 Å². The molecule has 1 aliphatic rings. The van der Waals surface area contributed by atoms with Gasteiger partial charge in [-0.25, -0.2) is 13.2 Å². The minimum atomic E-state index is -2.22. The number of benzene rings is 1. The molecular weight excluding hydrogens is 297 g/mol. The van der Waals surface area contributed by atoms with E-state index in [1.807, 2.05) is 0 Å². The van der Waals surface area contributed by atoms with Crippen LogP contribution in [0.5, 0.6) is 5.75 Å². The van der Waals surface area contributed by atoms with Crippen molar-refractivity contribution in [3.8, 4) is 5.75 Å². The number of rotatable bonds is 2. The highest BCUT2D eigenvalue weighted by Gasteiger charge is 2.30. The predicted molar refractivity (Wildman–Crippen MR) is 62.1 cm³/mol. The summed E-state index contributed by atoms with van der Waals surface area (Å²) in [6, 6.07) is 0. The first-order chi connectivity index (χ1) is 9.82. The highest BCUT2D eigenvalue weighted by molar-refractivity contribution is 5.73. The smallest absolute Gasteiger partial charge is 0.219 e. The van der Waals surface area contributed by atoms with Crippen LogP contribution in [0, 0.1) is 29.1 Å². The summed E-state index contributed by atoms with van der Waals surface area (Å²) in [5, 5.41) is 0. The van der Waals surface area contributed by atoms with E-state index >= 15 is 0 Å². The number of carbonyl (C=O) groups is 1. The largest absolute Gasteiger partial charge is 0.484 e. The number of ether oxygens (including phenoxy) is 1. The molecule has 1 amide bonds. The van der Waals surface area contributed by atoms with Crippen LogP contribution in [0.1, 0.15) is 19.8 Å². The Balaban J connectivity index is 2.16. The lowest BCUT2D eigenvalue weighted by Gasteiger charge is -2.31. The highest BCUT2D eigenvalue weighted by Crippen LogP contribution is 2.31. The van der Waals surface area contributed by atoms with Gasteiger partial charge < -0.3 is 9.64 Å². The molecule has 0 bridgehead atoms. The fourth-order valence-electron chi connectivity index (χ4n) is 2.14. The van der Waals surface area contributed by atoms with Crippen LogP contribution < -0.4 is 4.74 Å². The van der Waals surface area contributed by atoms with Crippen LogP contribution in [0.2, 0.25) is 0 Å². The van der Waals surface area contributed by atoms with Gasteiger partial charge in [-0.2, -0.15) is 8.78 Å². The molecule has 1 aromatic rings. The number of amides is 1. The fourth-order valence-corrected chi connectivity index (χ4v) is 2.14. The quantitative estimate of drug-likeness (QED) is 0.478. The SMILES string of the molecule is CC(=O)N1CCC(Oc2c(F)c(F)c(F)c(F)c2F)CC1. The Morgan fingerprint density at radius 3 is 1.81 bits per heavy atom. The molecule has 1 saturated heterocycles. The van der Waals surface area contributed by atoms with E-state index in [0.717, 1.165) is 0 Å². The van der Waals surface area contributed by atoms with Crippen LogP contribution in [0.4, 0.5) is 22.0 Å². The average molecular weight is 309 g/mol. The third-order valence-electron chi connectivity index (χ3n) is 3.34. The Morgan fingerprint density at radius 2 is 1.38 bits per heavy atom. The molecular formula is C13H12F5NO2. The van der Waals surface area contributed by atoms with Crippen LogP contribution in [0.15, 0.2) is 0 Å². The molecule has 21 heavy (non-hydrogen) atoms. The van der Waals surface area contributed by atoms with E-state index in [9.17, 15) is 26.7 Å². The van der Waals surface area contributed by atoms with Crippen LogP contribution in [-0.4, -0.2) is 30.0 Å². The van der Waals surface area contributed by atoms with Crippen LogP contribution in [-0.2, 0) is 4.79 Å². The lowest BCUT2D eigenvalue weighted by atomic mass is 10.1. The molecule has 0 spiro atoms. The van der Waals surface area contributed by atoms with Gasteiger partial charge in [0.15, 0.2) is 5.75 Å². The van der Waals surface area contributed by atoms with Crippen molar-refractivity contribution in [2.45, 2.75) is 25.9 Å². The van der Waals surface area contributed by atoms with Crippen LogP contribution in [0.25, 0.3) is 0 Å². The number of nitrogens with zero attached hydrogens (tertiary/aromatic N) is 1. The highest BCUT2D eigenvalue weighted by atomic mass is 19.2. The monoisotopic (exact) mass is 309 g/mol. The van der Waals surface area contributed by atoms with E-state index in [1.165, 1.54) is 11.8 Å². The summed E-state index contributed by atoms with van der Waals surface area (Å²) in [5.41, 5.74) is 0. The summed E-state index contributed by atoms with van der Waals surface area (Å²) in [7, 11) is 0. The minimum absolute atomic E-state index is 0.148. The maximum absolute atomic E-state index is 13.5. The number of likely N-dealkylation sites (tertiary alicyclic amines) is 1. The summed E-state index contributed by atoms with van der Waals surface area (Å²) in [5.74, 6) is -11.7. The summed E-state index contributed by atoms with van der Waals surface area (Å²) >= 11 is 0. The van der Waals surface area contributed by atoms with Crippen LogP contribution in [0.3, 0.4) is 0 Å². The van der Waals surface area contributed by atoms with E-state index in [0.29, 0.717) is 13.1 Å². The molecule has 2 rings (SSSR count). The maximum atomic E-state index is 13.5. The van der Waals surface area contributed by atoms with Crippen molar-refractivity contribution in [3.05, 3.63) is 29.1 Å². The van der Waals surface area contributed by atoms with Gasteiger partial charge in [-0.05, 0) is 0 Å². The first kappa shape index (κ1) is 15.5. The standard InChI is InChI=1S/C13H12F5NO2/c1-6(20)19-4-2-7(3-5-19)21-13-11(17)9(15)8(14)10(16)12(13)18/h7H,2-5H2,1H3. The van der Waals surface area contributed by atoms with Gasteiger partial charge in [-0.3, -0.25) is 4.79 Å². The van der Waals surface area contributed by atoms with E-state index in [2.05, 4.69) is 0 Å². The lowest BCUT2D eigenvalue weighted by Crippen LogP contribution is -2.40. The lowest BCUT2D eigenvalue weighted by molar-refractivity contribution is -0.130. The molecule has 116 valence electrons. The second-order valence-electron chi connectivity index (χ2n) is 4.72. The van der Waals surface area contributed by atoms with Gasteiger partial charge in [-0.15, -0.1) is 0 Å². The molecule has 0 saturated carbocycles. The second kappa shape index (κ2) is 5.87. The van der Waals surface area contributed by atoms with Crippen molar-refractivity contribution in [1.29, 1.82) is 0 Å². The van der Waals surface area contributed by atoms with Crippen molar-refractivity contribution < 1.29 is 31.5 Å². The zero-order valence-corrected chi connectivity index (χ0v) is 11.1. The molecule has 0 aliphatic carbocycles. The first-order valence-electron chi connectivity index (χ1n) is 6.26. The maximum Gasteiger partial charge on any atom is 0.219 e. The average Bonchev–Trinajstić information content (AvgIpc) is 2.48. The van der Waals surface area contributed by atoms with Crippen molar-refractivity contribution in [2.75, 3.05) is 13.1 Å². The van der Waals surface area contributed by atoms with E-state index in [4.69, 9.17) is 4.74 Å². The Morgan fingerprint density at radius 1 is 0.952 bits per heavy atom. The molecule has 1 aromatic carbocycles. The minimum Gasteiger partial charge on any atom is -0.484 e. The van der Waals surface area contributed by atoms with Gasteiger partial charge in [0.05, 0.1) is 0 Å².